The van der Waals surface area contributed by atoms with Crippen LogP contribution in [0.1, 0.15) is 15.2 Å². The van der Waals surface area contributed by atoms with Crippen LogP contribution >= 0.6 is 11.3 Å². The van der Waals surface area contributed by atoms with Crippen molar-refractivity contribution in [1.29, 1.82) is 0 Å². The number of thiazole rings is 1. The molecule has 1 aliphatic heterocycles. The summed E-state index contributed by atoms with van der Waals surface area (Å²) in [5.41, 5.74) is 8.14. The number of hydrogen-bond donors (Lipinski definition) is 2. The number of nitrogens with two attached hydrogens (primary N) is 1. The van der Waals surface area contributed by atoms with Gasteiger partial charge in [0.05, 0.1) is 0 Å². The highest BCUT2D eigenvalue weighted by atomic mass is 32.1. The van der Waals surface area contributed by atoms with Crippen LogP contribution in [0.4, 0.5) is 31.1 Å². The van der Waals surface area contributed by atoms with Gasteiger partial charge < -0.3 is 25.6 Å². The van der Waals surface area contributed by atoms with Gasteiger partial charge in [-0.2, -0.15) is 8.78 Å². The first-order valence-electron chi connectivity index (χ1n) is 10.1. The van der Waals surface area contributed by atoms with E-state index in [-0.39, 0.29) is 22.0 Å². The van der Waals surface area contributed by atoms with Crippen LogP contribution in [0.5, 0.6) is 5.75 Å². The number of hydrogen-bond acceptors (Lipinski definition) is 8. The number of nitrogens with one attached hydrogen (secondary N) is 1. The van der Waals surface area contributed by atoms with Gasteiger partial charge in [-0.1, -0.05) is 23.5 Å². The lowest BCUT2D eigenvalue weighted by atomic mass is 10.1. The maximum Gasteiger partial charge on any atom is 0.387 e. The van der Waals surface area contributed by atoms with Gasteiger partial charge in [0.25, 0.3) is 0 Å². The zero-order valence-corrected chi connectivity index (χ0v) is 18.2. The Balaban J connectivity index is 1.45. The van der Waals surface area contributed by atoms with Crippen molar-refractivity contribution in [2.24, 2.45) is 0 Å². The Morgan fingerprint density at radius 1 is 1.16 bits per heavy atom. The van der Waals surface area contributed by atoms with E-state index in [1.54, 1.807) is 0 Å². The number of likely N-dealkylation sites (N-methyl/N-ethyl adjacent to an activating group) is 1. The Morgan fingerprint density at radius 3 is 2.56 bits per heavy atom. The van der Waals surface area contributed by atoms with Gasteiger partial charge in [0.2, 0.25) is 5.78 Å². The van der Waals surface area contributed by atoms with Crippen LogP contribution in [0, 0.1) is 0 Å². The lowest BCUT2D eigenvalue weighted by Crippen LogP contribution is -2.44. The van der Waals surface area contributed by atoms with E-state index in [0.717, 1.165) is 48.9 Å². The van der Waals surface area contributed by atoms with Gasteiger partial charge in [0, 0.05) is 43.1 Å². The molecule has 10 heteroatoms. The Morgan fingerprint density at radius 2 is 1.88 bits per heavy atom. The number of aromatic nitrogens is 1. The molecule has 1 fully saturated rings. The summed E-state index contributed by atoms with van der Waals surface area (Å²) in [6.07, 6.45) is 0. The number of alkyl halides is 2. The minimum Gasteiger partial charge on any atom is -0.435 e. The van der Waals surface area contributed by atoms with E-state index in [1.807, 2.05) is 24.3 Å². The van der Waals surface area contributed by atoms with E-state index < -0.39 is 12.4 Å². The highest BCUT2D eigenvalue weighted by Crippen LogP contribution is 2.31. The fourth-order valence-corrected chi connectivity index (χ4v) is 4.30. The molecule has 168 valence electrons. The number of ether oxygens (including phenoxy) is 1. The lowest BCUT2D eigenvalue weighted by molar-refractivity contribution is -0.0498. The number of nitrogens with zero attached hydrogens (tertiary/aromatic N) is 3. The number of carbonyl (C=O) groups excluding carboxylic acids is 1. The molecule has 0 bridgehead atoms. The van der Waals surface area contributed by atoms with Gasteiger partial charge in [-0.25, -0.2) is 4.98 Å². The van der Waals surface area contributed by atoms with Gasteiger partial charge in [-0.3, -0.25) is 4.79 Å². The van der Waals surface area contributed by atoms with Gasteiger partial charge >= 0.3 is 6.61 Å². The summed E-state index contributed by atoms with van der Waals surface area (Å²) in [4.78, 5) is 21.9. The van der Waals surface area contributed by atoms with Gasteiger partial charge in [0.15, 0.2) is 5.13 Å². The second-order valence-electron chi connectivity index (χ2n) is 7.43. The van der Waals surface area contributed by atoms with Crippen LogP contribution < -0.4 is 20.7 Å². The van der Waals surface area contributed by atoms with Crippen molar-refractivity contribution < 1.29 is 18.3 Å². The van der Waals surface area contributed by atoms with Crippen molar-refractivity contribution in [2.75, 3.05) is 49.2 Å². The highest BCUT2D eigenvalue weighted by Gasteiger charge is 2.19. The average Bonchev–Trinajstić information content (AvgIpc) is 3.14. The minimum atomic E-state index is -2.97. The molecule has 3 N–H and O–H groups in total. The molecule has 1 saturated heterocycles. The third-order valence-corrected chi connectivity index (χ3v) is 6.15. The monoisotopic (exact) mass is 459 g/mol. The first-order chi connectivity index (χ1) is 15.4. The van der Waals surface area contributed by atoms with Crippen LogP contribution in [0.3, 0.4) is 0 Å². The van der Waals surface area contributed by atoms with Crippen molar-refractivity contribution in [3.63, 3.8) is 0 Å². The summed E-state index contributed by atoms with van der Waals surface area (Å²) in [5.74, 6) is -0.414. The standard InChI is InChI=1S/C22H23F2N5O2S/c1-28-9-11-29(12-10-28)16-7-5-15(6-8-16)26-22-27-20(25)19(32-22)18(30)14-3-2-4-17(13-14)31-21(23)24/h2-8,13,21H,9-12,25H2,1H3,(H,26,27). The van der Waals surface area contributed by atoms with E-state index in [4.69, 9.17) is 5.73 Å². The summed E-state index contributed by atoms with van der Waals surface area (Å²) in [6.45, 7) is 1.08. The Hall–Kier alpha value is -3.24. The normalized spacial score (nSPS) is 14.6. The Kier molecular flexibility index (Phi) is 6.52. The summed E-state index contributed by atoms with van der Waals surface area (Å²) >= 11 is 1.11. The van der Waals surface area contributed by atoms with E-state index in [9.17, 15) is 13.6 Å². The molecule has 0 unspecified atom stereocenters. The average molecular weight is 460 g/mol. The molecule has 0 saturated carbocycles. The molecule has 0 radical (unpaired) electrons. The number of piperazine rings is 1. The third-order valence-electron chi connectivity index (χ3n) is 5.17. The molecule has 4 rings (SSSR count). The molecule has 2 heterocycles. The van der Waals surface area contributed by atoms with Crippen LogP contribution in [0.25, 0.3) is 0 Å². The molecule has 1 aromatic heterocycles. The predicted molar refractivity (Wildman–Crippen MR) is 122 cm³/mol. The second kappa shape index (κ2) is 9.49. The fourth-order valence-electron chi connectivity index (χ4n) is 3.44. The van der Waals surface area contributed by atoms with E-state index in [2.05, 4.69) is 31.9 Å². The molecule has 0 amide bonds. The maximum absolute atomic E-state index is 12.8. The number of nitrogen functional groups attached to an aromatic ring is 1. The van der Waals surface area contributed by atoms with Crippen LogP contribution in [0.2, 0.25) is 0 Å². The molecule has 0 atom stereocenters. The molecule has 2 aromatic carbocycles. The predicted octanol–water partition coefficient (Wildman–Crippen LogP) is 4.05. The van der Waals surface area contributed by atoms with Gasteiger partial charge in [-0.15, -0.1) is 0 Å². The largest absolute Gasteiger partial charge is 0.435 e. The number of carbonyl (C=O) groups is 1. The summed E-state index contributed by atoms with van der Waals surface area (Å²) in [6, 6.07) is 13.6. The summed E-state index contributed by atoms with van der Waals surface area (Å²) in [5, 5.41) is 3.64. The van der Waals surface area contributed by atoms with Crippen molar-refractivity contribution in [2.45, 2.75) is 6.61 Å². The number of benzene rings is 2. The summed E-state index contributed by atoms with van der Waals surface area (Å²) in [7, 11) is 2.12. The van der Waals surface area contributed by atoms with Crippen LogP contribution in [-0.4, -0.2) is 55.5 Å². The van der Waals surface area contributed by atoms with E-state index in [0.29, 0.717) is 5.13 Å². The molecular formula is C22H23F2N5O2S. The minimum absolute atomic E-state index is 0.0803. The van der Waals surface area contributed by atoms with Crippen molar-refractivity contribution >= 4 is 39.4 Å². The van der Waals surface area contributed by atoms with Crippen LogP contribution in [0.15, 0.2) is 48.5 Å². The first-order valence-corrected chi connectivity index (χ1v) is 10.9. The second-order valence-corrected chi connectivity index (χ2v) is 8.43. The molecule has 3 aromatic rings. The number of rotatable bonds is 7. The van der Waals surface area contributed by atoms with Gasteiger partial charge in [-0.05, 0) is 43.4 Å². The molecule has 1 aliphatic rings. The third kappa shape index (κ3) is 5.14. The first kappa shape index (κ1) is 22.0. The fraction of sp³-hybridized carbons (Fsp3) is 0.273. The van der Waals surface area contributed by atoms with Crippen molar-refractivity contribution in [3.05, 3.63) is 59.0 Å². The summed E-state index contributed by atoms with van der Waals surface area (Å²) < 4.78 is 29.3. The topological polar surface area (TPSA) is 83.7 Å². The molecule has 0 spiro atoms. The smallest absolute Gasteiger partial charge is 0.387 e. The Bertz CT molecular complexity index is 1080. The number of ketones is 1. The SMILES string of the molecule is CN1CCN(c2ccc(Nc3nc(N)c(C(=O)c4cccc(OC(F)F)c4)s3)cc2)CC1. The van der Waals surface area contributed by atoms with Gasteiger partial charge in [0.1, 0.15) is 16.4 Å². The number of anilines is 4. The zero-order valence-electron chi connectivity index (χ0n) is 17.4. The van der Waals surface area contributed by atoms with E-state index in [1.165, 1.54) is 24.3 Å². The molecule has 32 heavy (non-hydrogen) atoms. The highest BCUT2D eigenvalue weighted by molar-refractivity contribution is 7.18. The molecule has 0 aliphatic carbocycles. The lowest BCUT2D eigenvalue weighted by Gasteiger charge is -2.34. The quantitative estimate of drug-likeness (QED) is 0.516. The zero-order chi connectivity index (χ0) is 22.7. The van der Waals surface area contributed by atoms with Crippen LogP contribution in [-0.2, 0) is 0 Å². The Labute approximate surface area is 188 Å². The number of halogens is 2. The van der Waals surface area contributed by atoms with E-state index >= 15 is 0 Å². The molecule has 7 nitrogen and oxygen atoms in total. The van der Waals surface area contributed by atoms with Crippen molar-refractivity contribution in [1.82, 2.24) is 9.88 Å². The van der Waals surface area contributed by atoms with Crippen molar-refractivity contribution in [3.8, 4) is 5.75 Å². The molecular weight excluding hydrogens is 436 g/mol. The maximum atomic E-state index is 12.8.